The molecule has 0 saturated carbocycles. The maximum Gasteiger partial charge on any atom is 0.291 e. The Morgan fingerprint density at radius 1 is 1.29 bits per heavy atom. The summed E-state index contributed by atoms with van der Waals surface area (Å²) in [5, 5.41) is 4.26. The molecule has 1 aromatic rings. The molecule has 1 aromatic carbocycles. The summed E-state index contributed by atoms with van der Waals surface area (Å²) in [4.78, 5) is 52.4. The van der Waals surface area contributed by atoms with Crippen LogP contribution < -0.4 is 16.4 Å². The van der Waals surface area contributed by atoms with Gasteiger partial charge >= 0.3 is 0 Å². The highest BCUT2D eigenvalue weighted by Crippen LogP contribution is 2.50. The molecule has 0 bridgehead atoms. The summed E-state index contributed by atoms with van der Waals surface area (Å²) >= 11 is 0. The van der Waals surface area contributed by atoms with Gasteiger partial charge in [0, 0.05) is 11.1 Å². The summed E-state index contributed by atoms with van der Waals surface area (Å²) in [5.74, 6) is -4.53. The number of rotatable bonds is 2. The lowest BCUT2D eigenvalue weighted by Gasteiger charge is -2.33. The quantitative estimate of drug-likeness (QED) is 0.572. The maximum atomic E-state index is 14.0. The number of anilines is 1. The van der Waals surface area contributed by atoms with E-state index in [9.17, 15) is 23.6 Å². The molecule has 0 aromatic heterocycles. The molecular formula is C19H22FN4O4+. The zero-order valence-electron chi connectivity index (χ0n) is 15.8. The average molecular weight is 389 g/mol. The second-order valence-electron chi connectivity index (χ2n) is 8.70. The number of amides is 4. The van der Waals surface area contributed by atoms with Crippen molar-refractivity contribution in [2.45, 2.75) is 44.3 Å². The first-order valence-corrected chi connectivity index (χ1v) is 9.12. The molecule has 5 N–H and O–H groups in total. The maximum absolute atomic E-state index is 14.0. The van der Waals surface area contributed by atoms with E-state index in [1.54, 1.807) is 26.1 Å². The Morgan fingerprint density at radius 2 is 1.96 bits per heavy atom. The van der Waals surface area contributed by atoms with Gasteiger partial charge in [-0.05, 0) is 39.0 Å². The average Bonchev–Trinajstić information content (AvgIpc) is 3.12. The molecule has 0 aliphatic carbocycles. The summed E-state index contributed by atoms with van der Waals surface area (Å²) in [7, 11) is 0. The number of fused-ring (bicyclic) bond motifs is 4. The van der Waals surface area contributed by atoms with Gasteiger partial charge < -0.3 is 16.4 Å². The minimum Gasteiger partial charge on any atom is -0.369 e. The van der Waals surface area contributed by atoms with Crippen molar-refractivity contribution in [3.63, 3.8) is 0 Å². The molecule has 4 amide bonds. The zero-order valence-corrected chi connectivity index (χ0v) is 15.8. The number of likely N-dealkylation sites (tertiary alicyclic amines) is 1. The molecule has 3 aliphatic rings. The van der Waals surface area contributed by atoms with Gasteiger partial charge in [-0.2, -0.15) is 0 Å². The Morgan fingerprint density at radius 3 is 2.57 bits per heavy atom. The summed E-state index contributed by atoms with van der Waals surface area (Å²) in [5.41, 5.74) is 3.78. The van der Waals surface area contributed by atoms with E-state index in [1.165, 1.54) is 18.2 Å². The van der Waals surface area contributed by atoms with E-state index in [2.05, 4.69) is 5.32 Å². The minimum absolute atomic E-state index is 0.169. The molecule has 0 unspecified atom stereocenters. The van der Waals surface area contributed by atoms with Crippen LogP contribution in [0.5, 0.6) is 0 Å². The Hall–Kier alpha value is -2.81. The number of carbonyl (C=O) groups excluding carboxylic acids is 4. The smallest absolute Gasteiger partial charge is 0.291 e. The van der Waals surface area contributed by atoms with E-state index >= 15 is 0 Å². The summed E-state index contributed by atoms with van der Waals surface area (Å²) < 4.78 is 14.0. The number of hydrogen-bond acceptors (Lipinski definition) is 4. The Balaban J connectivity index is 1.92. The third kappa shape index (κ3) is 2.25. The van der Waals surface area contributed by atoms with E-state index in [4.69, 9.17) is 5.73 Å². The van der Waals surface area contributed by atoms with Gasteiger partial charge in [0.25, 0.3) is 5.91 Å². The third-order valence-corrected chi connectivity index (χ3v) is 5.94. The lowest BCUT2D eigenvalue weighted by molar-refractivity contribution is -0.732. The predicted octanol–water partition coefficient (Wildman–Crippen LogP) is -0.806. The molecule has 9 heteroatoms. The first-order chi connectivity index (χ1) is 13.0. The van der Waals surface area contributed by atoms with Crippen LogP contribution in [-0.4, -0.2) is 40.1 Å². The molecule has 2 saturated heterocycles. The van der Waals surface area contributed by atoms with Gasteiger partial charge in [-0.1, -0.05) is 0 Å². The largest absolute Gasteiger partial charge is 0.369 e. The first-order valence-electron chi connectivity index (χ1n) is 9.12. The molecule has 1 spiro atoms. The van der Waals surface area contributed by atoms with Gasteiger partial charge in [0.2, 0.25) is 23.3 Å². The van der Waals surface area contributed by atoms with Crippen LogP contribution in [0.2, 0.25) is 0 Å². The van der Waals surface area contributed by atoms with E-state index < -0.39 is 58.4 Å². The number of hydrogen-bond donors (Lipinski definition) is 3. The second kappa shape index (κ2) is 5.60. The van der Waals surface area contributed by atoms with Crippen molar-refractivity contribution in [1.82, 2.24) is 4.90 Å². The van der Waals surface area contributed by atoms with Crippen LogP contribution in [-0.2, 0) is 24.7 Å². The van der Waals surface area contributed by atoms with Crippen LogP contribution in [0.25, 0.3) is 0 Å². The van der Waals surface area contributed by atoms with Crippen LogP contribution in [0, 0.1) is 17.7 Å². The summed E-state index contributed by atoms with van der Waals surface area (Å²) in [6.45, 7) is 5.18. The number of benzene rings is 1. The highest BCUT2D eigenvalue weighted by Gasteiger charge is 2.75. The second-order valence-corrected chi connectivity index (χ2v) is 8.70. The van der Waals surface area contributed by atoms with Crippen molar-refractivity contribution < 1.29 is 28.9 Å². The van der Waals surface area contributed by atoms with Crippen LogP contribution in [0.3, 0.4) is 0 Å². The first kappa shape index (κ1) is 18.5. The van der Waals surface area contributed by atoms with Crippen LogP contribution in [0.1, 0.15) is 32.8 Å². The normalized spacial score (nSPS) is 31.4. The molecule has 148 valence electrons. The van der Waals surface area contributed by atoms with E-state index in [0.29, 0.717) is 11.3 Å². The number of primary amides is 1. The SMILES string of the molecule is CC(C)(C)N1C(=O)[C@H]2[C@@H](C1=O)[C@]1([NH2+][C@@H]2CC(N)=O)C(=O)Nc2ccc(F)cc21. The fraction of sp³-hybridized carbons (Fsp3) is 0.474. The topological polar surface area (TPSA) is 126 Å². The molecular weight excluding hydrogens is 367 g/mol. The van der Waals surface area contributed by atoms with Gasteiger partial charge in [0.05, 0.1) is 12.1 Å². The van der Waals surface area contributed by atoms with E-state index in [0.717, 1.165) is 4.90 Å². The molecule has 2 fully saturated rings. The van der Waals surface area contributed by atoms with Crippen molar-refractivity contribution >= 4 is 29.3 Å². The van der Waals surface area contributed by atoms with Crippen molar-refractivity contribution in [2.75, 3.05) is 5.32 Å². The highest BCUT2D eigenvalue weighted by molar-refractivity contribution is 6.14. The lowest BCUT2D eigenvalue weighted by Crippen LogP contribution is -2.99. The van der Waals surface area contributed by atoms with E-state index in [-0.39, 0.29) is 6.42 Å². The highest BCUT2D eigenvalue weighted by atomic mass is 19.1. The van der Waals surface area contributed by atoms with Gasteiger partial charge in [0.1, 0.15) is 23.7 Å². The number of imide groups is 1. The number of nitrogens with one attached hydrogen (secondary N) is 1. The van der Waals surface area contributed by atoms with E-state index in [1.807, 2.05) is 0 Å². The van der Waals surface area contributed by atoms with Crippen LogP contribution in [0.15, 0.2) is 18.2 Å². The monoisotopic (exact) mass is 389 g/mol. The fourth-order valence-electron chi connectivity index (χ4n) is 5.02. The van der Waals surface area contributed by atoms with Crippen molar-refractivity contribution in [3.05, 3.63) is 29.6 Å². The van der Waals surface area contributed by atoms with Crippen molar-refractivity contribution in [3.8, 4) is 0 Å². The number of quaternary nitrogens is 1. The standard InChI is InChI=1S/C19H21FN4O4/c1-18(2,3)24-15(26)13-11(7-12(21)25)23-19(14(13)16(24)27)9-6-8(20)4-5-10(9)22-17(19)28/h4-6,11,13-14,23H,7H2,1-3H3,(H2,21,25)(H,22,28)/p+1/t11-,13-,14+,19+/m1/s1. The molecule has 8 nitrogen and oxygen atoms in total. The van der Waals surface area contributed by atoms with Gasteiger partial charge in [-0.3, -0.25) is 24.1 Å². The van der Waals surface area contributed by atoms with Gasteiger partial charge in [-0.15, -0.1) is 0 Å². The van der Waals surface area contributed by atoms with Crippen molar-refractivity contribution in [1.29, 1.82) is 0 Å². The van der Waals surface area contributed by atoms with Crippen LogP contribution in [0.4, 0.5) is 10.1 Å². The summed E-state index contributed by atoms with van der Waals surface area (Å²) in [6.07, 6.45) is -0.169. The number of halogens is 1. The number of carbonyl (C=O) groups is 4. The van der Waals surface area contributed by atoms with Gasteiger partial charge in [-0.25, -0.2) is 4.39 Å². The van der Waals surface area contributed by atoms with Crippen molar-refractivity contribution in [2.24, 2.45) is 17.6 Å². The predicted molar refractivity (Wildman–Crippen MR) is 94.8 cm³/mol. The van der Waals surface area contributed by atoms with Crippen LogP contribution >= 0.6 is 0 Å². The Kier molecular flexibility index (Phi) is 3.71. The fourth-order valence-corrected chi connectivity index (χ4v) is 5.02. The molecule has 3 heterocycles. The number of nitrogens with zero attached hydrogens (tertiary/aromatic N) is 1. The molecule has 4 rings (SSSR count). The minimum atomic E-state index is -1.50. The molecule has 28 heavy (non-hydrogen) atoms. The Bertz CT molecular complexity index is 940. The third-order valence-electron chi connectivity index (χ3n) is 5.94. The zero-order chi connectivity index (χ0) is 20.6. The lowest BCUT2D eigenvalue weighted by atomic mass is 9.76. The summed E-state index contributed by atoms with van der Waals surface area (Å²) in [6, 6.07) is 3.18. The van der Waals surface area contributed by atoms with Gasteiger partial charge in [0.15, 0.2) is 0 Å². The molecule has 3 aliphatic heterocycles. The number of nitrogens with two attached hydrogens (primary N) is 2. The Labute approximate surface area is 160 Å². The molecule has 4 atom stereocenters. The molecule has 0 radical (unpaired) electrons.